The van der Waals surface area contributed by atoms with Crippen LogP contribution in [0.4, 0.5) is 18.9 Å². The molecule has 4 rings (SSSR count). The Morgan fingerprint density at radius 3 is 2.25 bits per heavy atom. The van der Waals surface area contributed by atoms with Crippen LogP contribution in [-0.2, 0) is 20.8 Å². The van der Waals surface area contributed by atoms with E-state index in [1.807, 2.05) is 0 Å². The fraction of sp³-hybridized carbons (Fsp3) is 0.500. The van der Waals surface area contributed by atoms with Gasteiger partial charge < -0.3 is 15.0 Å². The maximum atomic E-state index is 13.4. The number of fused-ring (bicyclic) bond motifs is 2. The number of benzene rings is 1. The Labute approximate surface area is 212 Å². The summed E-state index contributed by atoms with van der Waals surface area (Å²) in [6.07, 6.45) is 0.612. The molecule has 196 valence electrons. The highest BCUT2D eigenvalue weighted by Crippen LogP contribution is 2.40. The van der Waals surface area contributed by atoms with E-state index in [-0.39, 0.29) is 28.0 Å². The summed E-state index contributed by atoms with van der Waals surface area (Å²) >= 11 is 5.67. The Kier molecular flexibility index (Phi) is 6.93. The van der Waals surface area contributed by atoms with E-state index in [9.17, 15) is 26.4 Å². The van der Waals surface area contributed by atoms with E-state index in [0.29, 0.717) is 18.9 Å². The minimum Gasteiger partial charge on any atom is -0.461 e. The SMILES string of the molecule is CC(C)(Oc1ncc(Cl)cc1C(F)(F)F)C(=O)N[C@H]1C[C@H]2CC[C@@H](C1)N2c1ccc(S(C)(=O)=O)cc1. The first-order chi connectivity index (χ1) is 16.6. The second kappa shape index (κ2) is 9.41. The number of nitrogens with zero attached hydrogens (tertiary/aromatic N) is 2. The highest BCUT2D eigenvalue weighted by molar-refractivity contribution is 7.90. The summed E-state index contributed by atoms with van der Waals surface area (Å²) in [5.74, 6) is -1.25. The zero-order chi connectivity index (χ0) is 26.5. The van der Waals surface area contributed by atoms with Gasteiger partial charge in [-0.3, -0.25) is 4.79 Å². The van der Waals surface area contributed by atoms with Gasteiger partial charge in [0.15, 0.2) is 15.4 Å². The van der Waals surface area contributed by atoms with Gasteiger partial charge in [0.1, 0.15) is 5.56 Å². The molecule has 0 aliphatic carbocycles. The zero-order valence-electron chi connectivity index (χ0n) is 20.0. The van der Waals surface area contributed by atoms with Crippen LogP contribution in [0.3, 0.4) is 0 Å². The van der Waals surface area contributed by atoms with Crippen molar-refractivity contribution >= 4 is 33.0 Å². The Bertz CT molecular complexity index is 1240. The summed E-state index contributed by atoms with van der Waals surface area (Å²) in [6.45, 7) is 2.79. The van der Waals surface area contributed by atoms with Crippen molar-refractivity contribution in [3.63, 3.8) is 0 Å². The highest BCUT2D eigenvalue weighted by Gasteiger charge is 2.44. The second-order valence-electron chi connectivity index (χ2n) is 9.82. The fourth-order valence-electron chi connectivity index (χ4n) is 4.94. The molecular weight excluding hydrogens is 519 g/mol. The molecule has 1 aromatic heterocycles. The number of alkyl halides is 3. The summed E-state index contributed by atoms with van der Waals surface area (Å²) in [5, 5.41) is 2.76. The number of rotatable bonds is 6. The van der Waals surface area contributed by atoms with Gasteiger partial charge in [0.2, 0.25) is 5.88 Å². The van der Waals surface area contributed by atoms with E-state index in [4.69, 9.17) is 16.3 Å². The molecule has 12 heteroatoms. The predicted molar refractivity (Wildman–Crippen MR) is 129 cm³/mol. The Morgan fingerprint density at radius 2 is 1.72 bits per heavy atom. The summed E-state index contributed by atoms with van der Waals surface area (Å²) < 4.78 is 69.2. The number of amides is 1. The summed E-state index contributed by atoms with van der Waals surface area (Å²) in [5.41, 5.74) is -1.83. The second-order valence-corrected chi connectivity index (χ2v) is 12.3. The van der Waals surface area contributed by atoms with Crippen LogP contribution in [0.25, 0.3) is 0 Å². The number of aromatic nitrogens is 1. The van der Waals surface area contributed by atoms with E-state index >= 15 is 0 Å². The smallest absolute Gasteiger partial charge is 0.421 e. The van der Waals surface area contributed by atoms with Gasteiger partial charge in [-0.25, -0.2) is 13.4 Å². The van der Waals surface area contributed by atoms with Gasteiger partial charge >= 0.3 is 6.18 Å². The molecule has 7 nitrogen and oxygen atoms in total. The number of anilines is 1. The number of nitrogens with one attached hydrogen (secondary N) is 1. The third kappa shape index (κ3) is 5.56. The molecule has 0 unspecified atom stereocenters. The first-order valence-electron chi connectivity index (χ1n) is 11.5. The number of carbonyl (C=O) groups is 1. The third-order valence-corrected chi connectivity index (χ3v) is 7.99. The van der Waals surface area contributed by atoms with Crippen LogP contribution < -0.4 is 15.0 Å². The Balaban J connectivity index is 1.43. The number of ether oxygens (including phenoxy) is 1. The number of sulfone groups is 1. The molecule has 1 N–H and O–H groups in total. The van der Waals surface area contributed by atoms with Crippen LogP contribution in [-0.4, -0.2) is 49.3 Å². The van der Waals surface area contributed by atoms with Crippen LogP contribution in [0, 0.1) is 0 Å². The monoisotopic (exact) mass is 545 g/mol. The lowest BCUT2D eigenvalue weighted by atomic mass is 9.95. The molecule has 36 heavy (non-hydrogen) atoms. The van der Waals surface area contributed by atoms with Crippen molar-refractivity contribution in [2.24, 2.45) is 0 Å². The Hall–Kier alpha value is -2.53. The van der Waals surface area contributed by atoms with Gasteiger partial charge in [0.25, 0.3) is 5.91 Å². The first-order valence-corrected chi connectivity index (χ1v) is 13.7. The molecule has 1 aromatic carbocycles. The van der Waals surface area contributed by atoms with Gasteiger partial charge in [-0.2, -0.15) is 13.2 Å². The van der Waals surface area contributed by atoms with Gasteiger partial charge in [0, 0.05) is 36.3 Å². The van der Waals surface area contributed by atoms with E-state index in [2.05, 4.69) is 15.2 Å². The molecule has 3 atom stereocenters. The van der Waals surface area contributed by atoms with E-state index in [1.165, 1.54) is 13.8 Å². The van der Waals surface area contributed by atoms with Crippen LogP contribution in [0.15, 0.2) is 41.4 Å². The molecule has 3 heterocycles. The number of carbonyl (C=O) groups excluding carboxylic acids is 1. The van der Waals surface area contributed by atoms with E-state index < -0.39 is 39.0 Å². The minimum absolute atomic E-state index is 0.150. The summed E-state index contributed by atoms with van der Waals surface area (Å²) in [7, 11) is -3.29. The molecule has 2 bridgehead atoms. The molecule has 2 fully saturated rings. The third-order valence-electron chi connectivity index (χ3n) is 6.65. The standard InChI is InChI=1S/C24H27ClF3N3O4S/c1-23(2,35-21-20(24(26,27)28)10-14(25)13-29-21)22(32)30-15-11-17-4-5-18(12-15)31(17)16-6-8-19(9-7-16)36(3,33)34/h6-10,13,15,17-18H,4-5,11-12H2,1-3H3,(H,30,32)/t15-,17+,18-. The Morgan fingerprint density at radius 1 is 1.14 bits per heavy atom. The zero-order valence-corrected chi connectivity index (χ0v) is 21.5. The minimum atomic E-state index is -4.74. The van der Waals surface area contributed by atoms with Crippen molar-refractivity contribution in [2.75, 3.05) is 11.2 Å². The summed E-state index contributed by atoms with van der Waals surface area (Å²) in [6, 6.07) is 7.63. The molecular formula is C24H27ClF3N3O4S. The van der Waals surface area contributed by atoms with Gasteiger partial charge in [0.05, 0.1) is 9.92 Å². The average molecular weight is 546 g/mol. The van der Waals surface area contributed by atoms with Crippen molar-refractivity contribution in [2.45, 2.75) is 74.3 Å². The lowest BCUT2D eigenvalue weighted by Crippen LogP contribution is -2.55. The first kappa shape index (κ1) is 26.5. The maximum Gasteiger partial charge on any atom is 0.421 e. The number of piperidine rings is 1. The van der Waals surface area contributed by atoms with Crippen LogP contribution in [0.5, 0.6) is 5.88 Å². The largest absolute Gasteiger partial charge is 0.461 e. The lowest BCUT2D eigenvalue weighted by molar-refractivity contribution is -0.144. The van der Waals surface area contributed by atoms with Crippen molar-refractivity contribution in [3.8, 4) is 5.88 Å². The fourth-order valence-corrected chi connectivity index (χ4v) is 5.73. The van der Waals surface area contributed by atoms with Crippen LogP contribution >= 0.6 is 11.6 Å². The molecule has 0 radical (unpaired) electrons. The van der Waals surface area contributed by atoms with Gasteiger partial charge in [-0.15, -0.1) is 0 Å². The molecule has 1 amide bonds. The molecule has 2 aliphatic rings. The van der Waals surface area contributed by atoms with Crippen molar-refractivity contribution in [1.29, 1.82) is 0 Å². The number of halogens is 4. The van der Waals surface area contributed by atoms with Gasteiger partial charge in [-0.05, 0) is 69.9 Å². The normalized spacial score (nSPS) is 22.4. The van der Waals surface area contributed by atoms with E-state index in [0.717, 1.165) is 31.0 Å². The number of hydrogen-bond acceptors (Lipinski definition) is 6. The van der Waals surface area contributed by atoms with Crippen molar-refractivity contribution < 1.29 is 31.1 Å². The average Bonchev–Trinajstić information content (AvgIpc) is 3.04. The molecule has 2 aromatic rings. The van der Waals surface area contributed by atoms with Crippen LogP contribution in [0.2, 0.25) is 5.02 Å². The van der Waals surface area contributed by atoms with E-state index in [1.54, 1.807) is 24.3 Å². The van der Waals surface area contributed by atoms with Gasteiger partial charge in [-0.1, -0.05) is 11.6 Å². The van der Waals surface area contributed by atoms with Crippen molar-refractivity contribution in [3.05, 3.63) is 47.1 Å². The van der Waals surface area contributed by atoms with Crippen LogP contribution in [0.1, 0.15) is 45.1 Å². The molecule has 0 spiro atoms. The predicted octanol–water partition coefficient (Wildman–Crippen LogP) is 4.63. The quantitative estimate of drug-likeness (QED) is 0.569. The van der Waals surface area contributed by atoms with Crippen molar-refractivity contribution in [1.82, 2.24) is 10.3 Å². The molecule has 2 aliphatic heterocycles. The number of pyridine rings is 1. The highest BCUT2D eigenvalue weighted by atomic mass is 35.5. The summed E-state index contributed by atoms with van der Waals surface area (Å²) in [4.78, 5) is 19.2. The topological polar surface area (TPSA) is 88.6 Å². The molecule has 2 saturated heterocycles. The molecule has 0 saturated carbocycles. The lowest BCUT2D eigenvalue weighted by Gasteiger charge is -2.41. The maximum absolute atomic E-state index is 13.4. The number of hydrogen-bond donors (Lipinski definition) is 1.